The molecule has 1 amide bonds. The number of quaternary nitrogens is 1. The monoisotopic (exact) mass is 750 g/mol. The molecule has 0 aromatic rings. The van der Waals surface area contributed by atoms with Gasteiger partial charge in [0.2, 0.25) is 5.91 Å². The fraction of sp³-hybridized carbons (Fsp3) is 0.698. The lowest BCUT2D eigenvalue weighted by Crippen LogP contribution is -2.45. The lowest BCUT2D eigenvalue weighted by Gasteiger charge is -2.25. The Kier molecular flexibility index (Phi) is 33.3. The van der Waals surface area contributed by atoms with Crippen molar-refractivity contribution in [1.29, 1.82) is 0 Å². The number of allylic oxidation sites excluding steroid dienone is 11. The van der Waals surface area contributed by atoms with Crippen LogP contribution in [0, 0.1) is 0 Å². The average molecular weight is 750 g/mol. The molecule has 0 aliphatic heterocycles. The van der Waals surface area contributed by atoms with Crippen molar-refractivity contribution in [3.63, 3.8) is 0 Å². The van der Waals surface area contributed by atoms with Crippen LogP contribution in [0.2, 0.25) is 0 Å². The van der Waals surface area contributed by atoms with Crippen LogP contribution in [-0.4, -0.2) is 73.4 Å². The highest BCUT2D eigenvalue weighted by atomic mass is 31.2. The van der Waals surface area contributed by atoms with Crippen LogP contribution in [0.15, 0.2) is 72.9 Å². The Morgan fingerprint density at radius 1 is 0.673 bits per heavy atom. The number of aliphatic hydroxyl groups excluding tert-OH is 1. The molecule has 8 nitrogen and oxygen atoms in total. The van der Waals surface area contributed by atoms with Gasteiger partial charge in [-0.1, -0.05) is 138 Å². The highest BCUT2D eigenvalue weighted by Gasteiger charge is 2.27. The molecule has 3 unspecified atom stereocenters. The molecule has 0 bridgehead atoms. The summed E-state index contributed by atoms with van der Waals surface area (Å²) >= 11 is 0. The molecular weight excluding hydrogens is 671 g/mol. The summed E-state index contributed by atoms with van der Waals surface area (Å²) in [5, 5.41) is 13.7. The van der Waals surface area contributed by atoms with Gasteiger partial charge in [-0.15, -0.1) is 0 Å². The van der Waals surface area contributed by atoms with Gasteiger partial charge in [0, 0.05) is 6.42 Å². The zero-order valence-electron chi connectivity index (χ0n) is 33.8. The van der Waals surface area contributed by atoms with E-state index in [1.54, 1.807) is 6.08 Å². The minimum absolute atomic E-state index is 0.0504. The first kappa shape index (κ1) is 49.9. The number of hydrogen-bond donors (Lipinski definition) is 3. The molecule has 0 aliphatic carbocycles. The van der Waals surface area contributed by atoms with Gasteiger partial charge in [0.05, 0.1) is 39.9 Å². The predicted molar refractivity (Wildman–Crippen MR) is 221 cm³/mol. The van der Waals surface area contributed by atoms with E-state index >= 15 is 0 Å². The first-order chi connectivity index (χ1) is 25.0. The Hall–Kier alpha value is -2.06. The first-order valence-electron chi connectivity index (χ1n) is 20.3. The summed E-state index contributed by atoms with van der Waals surface area (Å²) in [7, 11) is 1.53. The number of amides is 1. The molecule has 3 atom stereocenters. The molecule has 3 N–H and O–H groups in total. The maximum Gasteiger partial charge on any atom is 0.472 e. The molecular formula is C43H78N2O6P+. The summed E-state index contributed by atoms with van der Waals surface area (Å²) in [5.74, 6) is -0.203. The van der Waals surface area contributed by atoms with Crippen molar-refractivity contribution in [3.05, 3.63) is 72.9 Å². The van der Waals surface area contributed by atoms with Crippen molar-refractivity contribution in [2.45, 2.75) is 154 Å². The van der Waals surface area contributed by atoms with E-state index < -0.39 is 20.0 Å². The number of rotatable bonds is 35. The third-order valence-electron chi connectivity index (χ3n) is 8.41. The SMILES string of the molecule is CC/C=C\C/C=C\C/C=C\C/C=C\CCCCCCCCCCC(=O)NC(COP(=O)(O)OCC[N+](C)(C)C)C(O)/C=C/CC/C=C/CCCCC. The molecule has 0 radical (unpaired) electrons. The summed E-state index contributed by atoms with van der Waals surface area (Å²) in [5.41, 5.74) is 0. The molecule has 0 saturated heterocycles. The normalized spacial score (nSPS) is 15.3. The van der Waals surface area contributed by atoms with Gasteiger partial charge in [0.25, 0.3) is 0 Å². The zero-order valence-corrected chi connectivity index (χ0v) is 34.7. The molecule has 0 rings (SSSR count). The first-order valence-corrected chi connectivity index (χ1v) is 21.8. The van der Waals surface area contributed by atoms with Crippen molar-refractivity contribution in [2.75, 3.05) is 40.9 Å². The highest BCUT2D eigenvalue weighted by molar-refractivity contribution is 7.47. The quantitative estimate of drug-likeness (QED) is 0.0258. The number of nitrogens with one attached hydrogen (secondary N) is 1. The summed E-state index contributed by atoms with van der Waals surface area (Å²) in [6, 6.07) is -0.868. The fourth-order valence-electron chi connectivity index (χ4n) is 5.16. The molecule has 0 spiro atoms. The largest absolute Gasteiger partial charge is 0.472 e. The predicted octanol–water partition coefficient (Wildman–Crippen LogP) is 10.9. The van der Waals surface area contributed by atoms with E-state index in [-0.39, 0.29) is 19.1 Å². The minimum atomic E-state index is -4.34. The van der Waals surface area contributed by atoms with Gasteiger partial charge in [-0.25, -0.2) is 4.57 Å². The van der Waals surface area contributed by atoms with Crippen molar-refractivity contribution >= 4 is 13.7 Å². The number of carbonyl (C=O) groups is 1. The second-order valence-electron chi connectivity index (χ2n) is 14.6. The number of phosphoric ester groups is 1. The standard InChI is InChI=1S/C43H77N2O6P/c1-6-8-10-12-14-16-17-18-19-20-21-22-23-24-25-26-27-29-31-33-35-37-43(47)44-41(40-51-52(48,49)50-39-38-45(3,4)5)42(46)36-34-32-30-28-15-13-11-9-7-2/h8,10,14-16,18-19,21-22,28,34,36,41-42,46H,6-7,9,11-13,17,20,23-27,29-33,35,37-40H2,1-5H3,(H-,44,47,48,49)/p+1/b10-8-,16-14-,19-18-,22-21-,28-15+,36-34+. The van der Waals surface area contributed by atoms with Gasteiger partial charge in [-0.3, -0.25) is 13.8 Å². The number of unbranched alkanes of at least 4 members (excludes halogenated alkanes) is 12. The molecule has 0 fully saturated rings. The molecule has 0 aromatic heterocycles. The van der Waals surface area contributed by atoms with Crippen LogP contribution in [0.25, 0.3) is 0 Å². The lowest BCUT2D eigenvalue weighted by atomic mass is 10.1. The van der Waals surface area contributed by atoms with Crippen LogP contribution in [0.1, 0.15) is 142 Å². The van der Waals surface area contributed by atoms with Crippen LogP contribution in [0.5, 0.6) is 0 Å². The van der Waals surface area contributed by atoms with Crippen LogP contribution in [-0.2, 0) is 18.4 Å². The molecule has 0 aliphatic rings. The number of nitrogens with zero attached hydrogens (tertiary/aromatic N) is 1. The van der Waals surface area contributed by atoms with Crippen molar-refractivity contribution in [2.24, 2.45) is 0 Å². The zero-order chi connectivity index (χ0) is 38.6. The lowest BCUT2D eigenvalue weighted by molar-refractivity contribution is -0.870. The Morgan fingerprint density at radius 3 is 1.77 bits per heavy atom. The second kappa shape index (κ2) is 34.7. The maximum atomic E-state index is 12.8. The third kappa shape index (κ3) is 36.3. The van der Waals surface area contributed by atoms with E-state index in [0.717, 1.165) is 70.6 Å². The van der Waals surface area contributed by atoms with E-state index in [1.165, 1.54) is 51.4 Å². The van der Waals surface area contributed by atoms with Crippen molar-refractivity contribution < 1.29 is 32.9 Å². The molecule has 300 valence electrons. The van der Waals surface area contributed by atoms with Crippen LogP contribution < -0.4 is 5.32 Å². The summed E-state index contributed by atoms with van der Waals surface area (Å²) in [4.78, 5) is 23.0. The summed E-state index contributed by atoms with van der Waals surface area (Å²) in [6.07, 6.45) is 45.5. The number of carbonyl (C=O) groups excluding carboxylic acids is 1. The molecule has 0 aromatic carbocycles. The molecule has 52 heavy (non-hydrogen) atoms. The molecule has 9 heteroatoms. The fourth-order valence-corrected chi connectivity index (χ4v) is 5.90. The second-order valence-corrected chi connectivity index (χ2v) is 16.1. The highest BCUT2D eigenvalue weighted by Crippen LogP contribution is 2.43. The third-order valence-corrected chi connectivity index (χ3v) is 9.39. The van der Waals surface area contributed by atoms with Gasteiger partial charge in [-0.2, -0.15) is 0 Å². The Balaban J connectivity index is 4.39. The summed E-state index contributed by atoms with van der Waals surface area (Å²) in [6.45, 7) is 4.59. The van der Waals surface area contributed by atoms with Crippen molar-refractivity contribution in [3.8, 4) is 0 Å². The Morgan fingerprint density at radius 2 is 1.17 bits per heavy atom. The number of phosphoric acid groups is 1. The Bertz CT molecular complexity index is 1080. The number of hydrogen-bond acceptors (Lipinski definition) is 5. The van der Waals surface area contributed by atoms with Crippen LogP contribution in [0.4, 0.5) is 0 Å². The van der Waals surface area contributed by atoms with Gasteiger partial charge in [0.1, 0.15) is 13.2 Å². The molecule has 0 heterocycles. The van der Waals surface area contributed by atoms with Gasteiger partial charge >= 0.3 is 7.82 Å². The molecule has 0 saturated carbocycles. The average Bonchev–Trinajstić information content (AvgIpc) is 3.09. The Labute approximate surface area is 319 Å². The summed E-state index contributed by atoms with van der Waals surface area (Å²) < 4.78 is 23.4. The van der Waals surface area contributed by atoms with E-state index in [9.17, 15) is 19.4 Å². The van der Waals surface area contributed by atoms with Crippen molar-refractivity contribution in [1.82, 2.24) is 5.32 Å². The van der Waals surface area contributed by atoms with E-state index in [2.05, 4.69) is 79.9 Å². The van der Waals surface area contributed by atoms with Crippen LogP contribution in [0.3, 0.4) is 0 Å². The van der Waals surface area contributed by atoms with E-state index in [0.29, 0.717) is 17.4 Å². The van der Waals surface area contributed by atoms with E-state index in [1.807, 2.05) is 27.2 Å². The van der Waals surface area contributed by atoms with Crippen LogP contribution >= 0.6 is 7.82 Å². The van der Waals surface area contributed by atoms with E-state index in [4.69, 9.17) is 9.05 Å². The maximum absolute atomic E-state index is 12.8. The smallest absolute Gasteiger partial charge is 0.387 e. The number of likely N-dealkylation sites (N-methyl/N-ethyl adjacent to an activating group) is 1. The van der Waals surface area contributed by atoms with Gasteiger partial charge in [0.15, 0.2) is 0 Å². The number of aliphatic hydroxyl groups is 1. The minimum Gasteiger partial charge on any atom is -0.387 e. The topological polar surface area (TPSA) is 105 Å². The van der Waals surface area contributed by atoms with Gasteiger partial charge < -0.3 is 19.8 Å². The van der Waals surface area contributed by atoms with Gasteiger partial charge in [-0.05, 0) is 70.6 Å².